The van der Waals surface area contributed by atoms with E-state index >= 15 is 0 Å². The summed E-state index contributed by atoms with van der Waals surface area (Å²) in [6.45, 7) is 0.496. The first kappa shape index (κ1) is 12.3. The summed E-state index contributed by atoms with van der Waals surface area (Å²) in [4.78, 5) is 13.6. The summed E-state index contributed by atoms with van der Waals surface area (Å²) in [6, 6.07) is 2.54. The molecule has 1 aliphatic rings. The van der Waals surface area contributed by atoms with E-state index in [2.05, 4.69) is 5.10 Å². The fourth-order valence-corrected chi connectivity index (χ4v) is 2.45. The van der Waals surface area contributed by atoms with E-state index in [4.69, 9.17) is 0 Å². The number of nitrogens with zero attached hydrogens (tertiary/aromatic N) is 3. The normalized spacial score (nSPS) is 16.9. The van der Waals surface area contributed by atoms with E-state index in [-0.39, 0.29) is 5.78 Å². The lowest BCUT2D eigenvalue weighted by molar-refractivity contribution is -0.119. The third kappa shape index (κ3) is 3.40. The average Bonchev–Trinajstić information content (AvgIpc) is 2.84. The number of Topliss-reactive ketones (excluding diaryl/α,β-unsaturated/α-hetero) is 1. The summed E-state index contributed by atoms with van der Waals surface area (Å²) < 4.78 is 2.05. The van der Waals surface area contributed by atoms with Crippen LogP contribution in [0, 0.1) is 0 Å². The van der Waals surface area contributed by atoms with Gasteiger partial charge in [-0.05, 0) is 33.0 Å². The van der Waals surface area contributed by atoms with E-state index in [0.717, 1.165) is 5.69 Å². The summed E-state index contributed by atoms with van der Waals surface area (Å²) in [5.41, 5.74) is 0.906. The number of aromatic nitrogens is 2. The fourth-order valence-electron chi connectivity index (χ4n) is 2.45. The van der Waals surface area contributed by atoms with Crippen molar-refractivity contribution in [2.75, 3.05) is 20.6 Å². The van der Waals surface area contributed by atoms with E-state index in [1.165, 1.54) is 25.7 Å². The lowest BCUT2D eigenvalue weighted by Crippen LogP contribution is -2.23. The Balaban J connectivity index is 1.91. The third-order valence-electron chi connectivity index (χ3n) is 3.23. The Hall–Kier alpha value is -1.16. The number of rotatable bonds is 5. The maximum atomic E-state index is 11.7. The van der Waals surface area contributed by atoms with Gasteiger partial charge in [0, 0.05) is 6.20 Å². The van der Waals surface area contributed by atoms with Crippen molar-refractivity contribution in [3.8, 4) is 0 Å². The van der Waals surface area contributed by atoms with Crippen LogP contribution in [0.1, 0.15) is 37.4 Å². The van der Waals surface area contributed by atoms with Gasteiger partial charge in [-0.25, -0.2) is 0 Å². The molecule has 0 atom stereocenters. The van der Waals surface area contributed by atoms with Crippen LogP contribution in [0.2, 0.25) is 0 Å². The Morgan fingerprint density at radius 2 is 2.18 bits per heavy atom. The second kappa shape index (κ2) is 5.45. The van der Waals surface area contributed by atoms with E-state index in [0.29, 0.717) is 19.0 Å². The van der Waals surface area contributed by atoms with Gasteiger partial charge in [-0.1, -0.05) is 12.8 Å². The monoisotopic (exact) mass is 235 g/mol. The molecule has 2 rings (SSSR count). The fraction of sp³-hybridized carbons (Fsp3) is 0.692. The number of carbonyl (C=O) groups is 1. The Labute approximate surface area is 103 Å². The molecule has 17 heavy (non-hydrogen) atoms. The van der Waals surface area contributed by atoms with Crippen LogP contribution in [0.15, 0.2) is 12.3 Å². The average molecular weight is 235 g/mol. The molecule has 0 spiro atoms. The lowest BCUT2D eigenvalue weighted by Gasteiger charge is -2.09. The van der Waals surface area contributed by atoms with Crippen molar-refractivity contribution >= 4 is 5.78 Å². The Morgan fingerprint density at radius 3 is 2.82 bits per heavy atom. The van der Waals surface area contributed by atoms with Gasteiger partial charge in [-0.3, -0.25) is 9.48 Å². The molecule has 0 aromatic carbocycles. The highest BCUT2D eigenvalue weighted by Gasteiger charge is 2.18. The largest absolute Gasteiger partial charge is 0.302 e. The number of hydrogen-bond donors (Lipinski definition) is 0. The van der Waals surface area contributed by atoms with Crippen molar-refractivity contribution in [3.63, 3.8) is 0 Å². The molecule has 0 unspecified atom stereocenters. The number of carbonyl (C=O) groups excluding carboxylic acids is 1. The Bertz CT molecular complexity index is 378. The summed E-state index contributed by atoms with van der Waals surface area (Å²) in [5.74, 6) is 0.228. The summed E-state index contributed by atoms with van der Waals surface area (Å²) in [6.07, 6.45) is 7.55. The highest BCUT2D eigenvalue weighted by atomic mass is 16.1. The molecule has 0 aliphatic heterocycles. The quantitative estimate of drug-likeness (QED) is 0.779. The second-order valence-electron chi connectivity index (χ2n) is 5.18. The zero-order valence-electron chi connectivity index (χ0n) is 10.7. The zero-order valence-corrected chi connectivity index (χ0v) is 10.7. The summed E-state index contributed by atoms with van der Waals surface area (Å²) in [5, 5.41) is 4.52. The van der Waals surface area contributed by atoms with Crippen LogP contribution in [0.5, 0.6) is 0 Å². The number of ketones is 1. The van der Waals surface area contributed by atoms with Gasteiger partial charge in [-0.2, -0.15) is 5.10 Å². The highest BCUT2D eigenvalue weighted by Crippen LogP contribution is 2.28. The summed E-state index contributed by atoms with van der Waals surface area (Å²) >= 11 is 0. The maximum absolute atomic E-state index is 11.7. The van der Waals surface area contributed by atoms with Gasteiger partial charge in [0.15, 0.2) is 5.78 Å². The Morgan fingerprint density at radius 1 is 1.47 bits per heavy atom. The van der Waals surface area contributed by atoms with Gasteiger partial charge in [0.2, 0.25) is 0 Å². The molecule has 4 nitrogen and oxygen atoms in total. The molecule has 0 saturated heterocycles. The Kier molecular flexibility index (Phi) is 3.94. The minimum Gasteiger partial charge on any atom is -0.302 e. The first-order valence-electron chi connectivity index (χ1n) is 6.35. The van der Waals surface area contributed by atoms with Crippen LogP contribution >= 0.6 is 0 Å². The standard InChI is InChI=1S/C13H21N3O/c1-15(2)10-13(17)9-11-7-8-16(14-11)12-5-3-4-6-12/h7-8,12H,3-6,9-10H2,1-2H3. The summed E-state index contributed by atoms with van der Waals surface area (Å²) in [7, 11) is 3.82. The predicted octanol–water partition coefficient (Wildman–Crippen LogP) is 1.67. The minimum atomic E-state index is 0.228. The zero-order chi connectivity index (χ0) is 12.3. The van der Waals surface area contributed by atoms with Gasteiger partial charge in [0.25, 0.3) is 0 Å². The topological polar surface area (TPSA) is 38.1 Å². The lowest BCUT2D eigenvalue weighted by atomic mass is 10.2. The van der Waals surface area contributed by atoms with E-state index in [1.807, 2.05) is 35.9 Å². The van der Waals surface area contributed by atoms with Gasteiger partial charge in [-0.15, -0.1) is 0 Å². The molecule has 4 heteroatoms. The number of hydrogen-bond acceptors (Lipinski definition) is 3. The van der Waals surface area contributed by atoms with E-state index in [1.54, 1.807) is 0 Å². The minimum absolute atomic E-state index is 0.228. The molecule has 1 saturated carbocycles. The molecule has 1 fully saturated rings. The molecule has 1 aromatic rings. The van der Waals surface area contributed by atoms with Gasteiger partial charge < -0.3 is 4.90 Å². The van der Waals surface area contributed by atoms with Crippen molar-refractivity contribution in [1.29, 1.82) is 0 Å². The highest BCUT2D eigenvalue weighted by molar-refractivity contribution is 5.82. The van der Waals surface area contributed by atoms with E-state index < -0.39 is 0 Å². The first-order valence-corrected chi connectivity index (χ1v) is 6.35. The molecule has 0 amide bonds. The van der Waals surface area contributed by atoms with Crippen LogP contribution < -0.4 is 0 Å². The van der Waals surface area contributed by atoms with Gasteiger partial charge >= 0.3 is 0 Å². The molecular weight excluding hydrogens is 214 g/mol. The maximum Gasteiger partial charge on any atom is 0.152 e. The van der Waals surface area contributed by atoms with Gasteiger partial charge in [0.1, 0.15) is 0 Å². The van der Waals surface area contributed by atoms with E-state index in [9.17, 15) is 4.79 Å². The van der Waals surface area contributed by atoms with Crippen LogP contribution in [0.3, 0.4) is 0 Å². The SMILES string of the molecule is CN(C)CC(=O)Cc1ccn(C2CCCC2)n1. The molecule has 94 valence electrons. The molecular formula is C13H21N3O. The molecule has 0 bridgehead atoms. The molecule has 1 heterocycles. The van der Waals surface area contributed by atoms with Gasteiger partial charge in [0.05, 0.1) is 24.7 Å². The van der Waals surface area contributed by atoms with Crippen LogP contribution in [-0.4, -0.2) is 41.1 Å². The molecule has 1 aromatic heterocycles. The van der Waals surface area contributed by atoms with Crippen LogP contribution in [-0.2, 0) is 11.2 Å². The first-order chi connectivity index (χ1) is 8.15. The van der Waals surface area contributed by atoms with Crippen molar-refractivity contribution in [1.82, 2.24) is 14.7 Å². The van der Waals surface area contributed by atoms with Crippen molar-refractivity contribution in [2.45, 2.75) is 38.1 Å². The van der Waals surface area contributed by atoms with Crippen molar-refractivity contribution in [2.24, 2.45) is 0 Å². The van der Waals surface area contributed by atoms with Crippen molar-refractivity contribution < 1.29 is 4.79 Å². The smallest absolute Gasteiger partial charge is 0.152 e. The van der Waals surface area contributed by atoms with Crippen LogP contribution in [0.4, 0.5) is 0 Å². The third-order valence-corrected chi connectivity index (χ3v) is 3.23. The molecule has 0 radical (unpaired) electrons. The molecule has 1 aliphatic carbocycles. The number of likely N-dealkylation sites (N-methyl/N-ethyl adjacent to an activating group) is 1. The molecule has 0 N–H and O–H groups in total. The van der Waals surface area contributed by atoms with Crippen molar-refractivity contribution in [3.05, 3.63) is 18.0 Å². The predicted molar refractivity (Wildman–Crippen MR) is 67.0 cm³/mol. The second-order valence-corrected chi connectivity index (χ2v) is 5.18. The van der Waals surface area contributed by atoms with Crippen LogP contribution in [0.25, 0.3) is 0 Å².